The molecule has 0 amide bonds. The predicted molar refractivity (Wildman–Crippen MR) is 63.6 cm³/mol. The number of hydrogen-bond donors (Lipinski definition) is 0. The van der Waals surface area contributed by atoms with E-state index in [4.69, 9.17) is 11.6 Å². The number of hydrogen-bond acceptors (Lipinski definition) is 2. The van der Waals surface area contributed by atoms with Gasteiger partial charge in [0.1, 0.15) is 0 Å². The molecule has 1 aromatic carbocycles. The molecule has 0 saturated carbocycles. The van der Waals surface area contributed by atoms with Crippen LogP contribution in [-0.4, -0.2) is 10.5 Å². The van der Waals surface area contributed by atoms with Crippen molar-refractivity contribution in [2.45, 2.75) is 6.42 Å². The zero-order valence-electron chi connectivity index (χ0n) is 6.76. The van der Waals surface area contributed by atoms with Crippen molar-refractivity contribution in [2.24, 2.45) is 4.99 Å². The SMILES string of the molecule is S=C=Nc1ccc(CCBr)cc1Cl. The van der Waals surface area contributed by atoms with Gasteiger partial charge in [0.05, 0.1) is 15.9 Å². The summed E-state index contributed by atoms with van der Waals surface area (Å²) in [6.45, 7) is 0. The van der Waals surface area contributed by atoms with E-state index in [0.29, 0.717) is 10.7 Å². The van der Waals surface area contributed by atoms with Crippen LogP contribution in [0.15, 0.2) is 23.2 Å². The number of thiocarbonyl (C=S) groups is 1. The third kappa shape index (κ3) is 3.20. The first kappa shape index (κ1) is 10.9. The van der Waals surface area contributed by atoms with Crippen molar-refractivity contribution in [3.63, 3.8) is 0 Å². The molecule has 0 N–H and O–H groups in total. The molecule has 13 heavy (non-hydrogen) atoms. The summed E-state index contributed by atoms with van der Waals surface area (Å²) in [5.74, 6) is 0. The normalized spacial score (nSPS) is 9.38. The lowest BCUT2D eigenvalue weighted by Gasteiger charge is -2.00. The molecule has 0 spiro atoms. The second kappa shape index (κ2) is 5.51. The van der Waals surface area contributed by atoms with Gasteiger partial charge in [0.2, 0.25) is 0 Å². The van der Waals surface area contributed by atoms with Gasteiger partial charge in [-0.2, -0.15) is 4.99 Å². The van der Waals surface area contributed by atoms with Gasteiger partial charge < -0.3 is 0 Å². The molecular formula is C9H7BrClNS. The molecule has 0 unspecified atom stereocenters. The molecule has 1 nitrogen and oxygen atoms in total. The smallest absolute Gasteiger partial charge is 0.0925 e. The maximum absolute atomic E-state index is 5.95. The zero-order chi connectivity index (χ0) is 9.68. The van der Waals surface area contributed by atoms with Crippen LogP contribution in [0.3, 0.4) is 0 Å². The third-order valence-electron chi connectivity index (χ3n) is 1.56. The Morgan fingerprint density at radius 1 is 1.54 bits per heavy atom. The summed E-state index contributed by atoms with van der Waals surface area (Å²) in [5.41, 5.74) is 1.86. The fourth-order valence-electron chi connectivity index (χ4n) is 0.955. The monoisotopic (exact) mass is 275 g/mol. The van der Waals surface area contributed by atoms with Gasteiger partial charge in [0, 0.05) is 5.33 Å². The molecule has 0 radical (unpaired) electrons. The first-order valence-corrected chi connectivity index (χ1v) is 5.61. The highest BCUT2D eigenvalue weighted by Crippen LogP contribution is 2.25. The van der Waals surface area contributed by atoms with Gasteiger partial charge in [-0.25, -0.2) is 0 Å². The standard InChI is InChI=1S/C9H7BrClNS/c10-4-3-7-1-2-9(12-6-13)8(11)5-7/h1-2,5H,3-4H2. The Balaban J connectivity index is 2.98. The van der Waals surface area contributed by atoms with E-state index in [1.54, 1.807) is 0 Å². The molecule has 0 aliphatic rings. The highest BCUT2D eigenvalue weighted by atomic mass is 79.9. The topological polar surface area (TPSA) is 12.4 Å². The second-order valence-electron chi connectivity index (χ2n) is 2.43. The number of aryl methyl sites for hydroxylation is 1. The fourth-order valence-corrected chi connectivity index (χ4v) is 1.76. The van der Waals surface area contributed by atoms with Crippen LogP contribution in [0.1, 0.15) is 5.56 Å². The van der Waals surface area contributed by atoms with Crippen LogP contribution in [0.2, 0.25) is 5.02 Å². The minimum Gasteiger partial charge on any atom is -0.193 e. The Hall–Kier alpha value is -0.210. The summed E-state index contributed by atoms with van der Waals surface area (Å²) in [6, 6.07) is 5.73. The predicted octanol–water partition coefficient (Wildman–Crippen LogP) is 4.01. The summed E-state index contributed by atoms with van der Waals surface area (Å²) in [6.07, 6.45) is 0.960. The molecule has 1 rings (SSSR count). The van der Waals surface area contributed by atoms with E-state index in [2.05, 4.69) is 38.3 Å². The van der Waals surface area contributed by atoms with E-state index < -0.39 is 0 Å². The number of alkyl halides is 1. The molecule has 68 valence electrons. The summed E-state index contributed by atoms with van der Waals surface area (Å²) >= 11 is 13.8. The fraction of sp³-hybridized carbons (Fsp3) is 0.222. The summed E-state index contributed by atoms with van der Waals surface area (Å²) in [7, 11) is 0. The van der Waals surface area contributed by atoms with E-state index in [-0.39, 0.29) is 0 Å². The first-order chi connectivity index (χ1) is 6.27. The first-order valence-electron chi connectivity index (χ1n) is 3.70. The highest BCUT2D eigenvalue weighted by molar-refractivity contribution is 9.09. The molecule has 0 heterocycles. The van der Waals surface area contributed by atoms with Gasteiger partial charge in [0.25, 0.3) is 0 Å². The van der Waals surface area contributed by atoms with Crippen molar-refractivity contribution >= 4 is 50.6 Å². The van der Waals surface area contributed by atoms with Crippen molar-refractivity contribution in [3.05, 3.63) is 28.8 Å². The average molecular weight is 277 g/mol. The van der Waals surface area contributed by atoms with Crippen molar-refractivity contribution in [1.29, 1.82) is 0 Å². The minimum atomic E-state index is 0.621. The third-order valence-corrected chi connectivity index (χ3v) is 2.35. The maximum atomic E-state index is 5.95. The quantitative estimate of drug-likeness (QED) is 0.461. The van der Waals surface area contributed by atoms with E-state index in [9.17, 15) is 0 Å². The van der Waals surface area contributed by atoms with Crippen LogP contribution in [0, 0.1) is 0 Å². The average Bonchev–Trinajstić information content (AvgIpc) is 2.10. The molecule has 0 aliphatic carbocycles. The van der Waals surface area contributed by atoms with Gasteiger partial charge in [-0.05, 0) is 36.3 Å². The van der Waals surface area contributed by atoms with Gasteiger partial charge in [-0.3, -0.25) is 0 Å². The molecular weight excluding hydrogens is 270 g/mol. The van der Waals surface area contributed by atoms with E-state index >= 15 is 0 Å². The number of nitrogens with zero attached hydrogens (tertiary/aromatic N) is 1. The number of halogens is 2. The van der Waals surface area contributed by atoms with Gasteiger partial charge >= 0.3 is 0 Å². The van der Waals surface area contributed by atoms with Crippen molar-refractivity contribution in [2.75, 3.05) is 5.33 Å². The number of aliphatic imine (C=N–C) groups is 1. The second-order valence-corrected chi connectivity index (χ2v) is 3.81. The van der Waals surface area contributed by atoms with Crippen LogP contribution >= 0.6 is 39.7 Å². The van der Waals surface area contributed by atoms with E-state index in [1.165, 1.54) is 5.56 Å². The van der Waals surface area contributed by atoms with Gasteiger partial charge in [-0.15, -0.1) is 0 Å². The Kier molecular flexibility index (Phi) is 4.60. The van der Waals surface area contributed by atoms with Crippen LogP contribution in [0.25, 0.3) is 0 Å². The molecule has 1 aromatic rings. The largest absolute Gasteiger partial charge is 0.193 e. The molecule has 0 atom stereocenters. The molecule has 4 heteroatoms. The number of benzene rings is 1. The lowest BCUT2D eigenvalue weighted by Crippen LogP contribution is -1.84. The molecule has 0 bridgehead atoms. The highest BCUT2D eigenvalue weighted by Gasteiger charge is 1.99. The van der Waals surface area contributed by atoms with Gasteiger partial charge in [-0.1, -0.05) is 33.6 Å². The molecule has 0 saturated heterocycles. The summed E-state index contributed by atoms with van der Waals surface area (Å²) in [5, 5.41) is 3.84. The Bertz CT molecular complexity index is 347. The number of isothiocyanates is 1. The lowest BCUT2D eigenvalue weighted by molar-refractivity contribution is 1.17. The van der Waals surface area contributed by atoms with Crippen molar-refractivity contribution < 1.29 is 0 Å². The van der Waals surface area contributed by atoms with Crippen LogP contribution in [0.5, 0.6) is 0 Å². The number of rotatable bonds is 3. The Morgan fingerprint density at radius 3 is 2.85 bits per heavy atom. The lowest BCUT2D eigenvalue weighted by atomic mass is 10.1. The van der Waals surface area contributed by atoms with Gasteiger partial charge in [0.15, 0.2) is 0 Å². The summed E-state index contributed by atoms with van der Waals surface area (Å²) in [4.78, 5) is 3.83. The Morgan fingerprint density at radius 2 is 2.31 bits per heavy atom. The van der Waals surface area contributed by atoms with E-state index in [1.807, 2.05) is 18.2 Å². The maximum Gasteiger partial charge on any atom is 0.0925 e. The van der Waals surface area contributed by atoms with Crippen LogP contribution in [-0.2, 0) is 6.42 Å². The Labute approximate surface area is 96.0 Å². The molecule has 0 aromatic heterocycles. The molecule has 0 fully saturated rings. The van der Waals surface area contributed by atoms with Crippen LogP contribution in [0.4, 0.5) is 5.69 Å². The van der Waals surface area contributed by atoms with Crippen molar-refractivity contribution in [3.8, 4) is 0 Å². The van der Waals surface area contributed by atoms with E-state index in [0.717, 1.165) is 11.8 Å². The van der Waals surface area contributed by atoms with Crippen LogP contribution < -0.4 is 0 Å². The zero-order valence-corrected chi connectivity index (χ0v) is 9.92. The summed E-state index contributed by atoms with van der Waals surface area (Å²) < 4.78 is 0. The molecule has 0 aliphatic heterocycles. The van der Waals surface area contributed by atoms with Crippen molar-refractivity contribution in [1.82, 2.24) is 0 Å². The minimum absolute atomic E-state index is 0.621.